The van der Waals surface area contributed by atoms with Crippen LogP contribution in [-0.4, -0.2) is 30.3 Å². The Kier molecular flexibility index (Phi) is 7.15. The number of aliphatic hydroxyl groups is 1. The minimum Gasteiger partial charge on any atom is -0.461 e. The molecule has 0 saturated heterocycles. The zero-order valence-corrected chi connectivity index (χ0v) is 11.6. The molecular formula is C15H23NO3. The van der Waals surface area contributed by atoms with E-state index in [2.05, 4.69) is 5.32 Å². The molecule has 106 valence electrons. The van der Waals surface area contributed by atoms with Crippen LogP contribution in [0.5, 0.6) is 0 Å². The van der Waals surface area contributed by atoms with Gasteiger partial charge in [0, 0.05) is 19.2 Å². The van der Waals surface area contributed by atoms with Crippen molar-refractivity contribution in [3.8, 4) is 0 Å². The first-order valence-electron chi connectivity index (χ1n) is 6.68. The van der Waals surface area contributed by atoms with Gasteiger partial charge in [-0.25, -0.2) is 0 Å². The van der Waals surface area contributed by atoms with Gasteiger partial charge in [0.15, 0.2) is 0 Å². The molecule has 0 saturated carbocycles. The Labute approximate surface area is 114 Å². The molecule has 2 unspecified atom stereocenters. The number of rotatable bonds is 8. The maximum absolute atomic E-state index is 11.8. The van der Waals surface area contributed by atoms with Crippen molar-refractivity contribution in [3.05, 3.63) is 35.9 Å². The number of hydrogen-bond acceptors (Lipinski definition) is 4. The zero-order valence-electron chi connectivity index (χ0n) is 11.6. The molecule has 1 aromatic carbocycles. The van der Waals surface area contributed by atoms with Gasteiger partial charge in [-0.05, 0) is 18.9 Å². The van der Waals surface area contributed by atoms with Crippen molar-refractivity contribution in [2.75, 3.05) is 13.2 Å². The van der Waals surface area contributed by atoms with Gasteiger partial charge in [-0.3, -0.25) is 4.79 Å². The molecule has 0 aliphatic rings. The van der Waals surface area contributed by atoms with E-state index >= 15 is 0 Å². The van der Waals surface area contributed by atoms with Gasteiger partial charge in [0.1, 0.15) is 6.61 Å². The number of carbonyl (C=O) groups excluding carboxylic acids is 1. The highest BCUT2D eigenvalue weighted by Gasteiger charge is 2.15. The lowest BCUT2D eigenvalue weighted by Crippen LogP contribution is -2.34. The molecule has 1 rings (SSSR count). The summed E-state index contributed by atoms with van der Waals surface area (Å²) in [6, 6.07) is 9.84. The quantitative estimate of drug-likeness (QED) is 0.703. The van der Waals surface area contributed by atoms with Crippen LogP contribution in [0, 0.1) is 5.92 Å². The van der Waals surface area contributed by atoms with Crippen LogP contribution in [0.25, 0.3) is 0 Å². The van der Waals surface area contributed by atoms with Crippen LogP contribution >= 0.6 is 0 Å². The van der Waals surface area contributed by atoms with Gasteiger partial charge in [-0.15, -0.1) is 0 Å². The third kappa shape index (κ3) is 6.36. The summed E-state index contributed by atoms with van der Waals surface area (Å²) in [6.45, 7) is 4.86. The predicted molar refractivity (Wildman–Crippen MR) is 74.6 cm³/mol. The number of hydrogen-bond donors (Lipinski definition) is 2. The van der Waals surface area contributed by atoms with Crippen LogP contribution in [-0.2, 0) is 16.1 Å². The molecule has 0 spiro atoms. The Morgan fingerprint density at radius 2 is 2.00 bits per heavy atom. The van der Waals surface area contributed by atoms with E-state index in [1.54, 1.807) is 0 Å². The molecule has 2 N–H and O–H groups in total. The van der Waals surface area contributed by atoms with Crippen molar-refractivity contribution in [2.45, 2.75) is 32.9 Å². The Morgan fingerprint density at radius 1 is 1.32 bits per heavy atom. The van der Waals surface area contributed by atoms with E-state index in [-0.39, 0.29) is 24.5 Å². The van der Waals surface area contributed by atoms with Crippen molar-refractivity contribution in [3.63, 3.8) is 0 Å². The highest BCUT2D eigenvalue weighted by molar-refractivity contribution is 5.72. The molecular weight excluding hydrogens is 242 g/mol. The highest BCUT2D eigenvalue weighted by atomic mass is 16.5. The van der Waals surface area contributed by atoms with Crippen molar-refractivity contribution in [1.82, 2.24) is 5.32 Å². The van der Waals surface area contributed by atoms with Crippen LogP contribution in [0.15, 0.2) is 30.3 Å². The summed E-state index contributed by atoms with van der Waals surface area (Å²) in [5, 5.41) is 12.0. The first-order valence-corrected chi connectivity index (χ1v) is 6.68. The average Bonchev–Trinajstić information content (AvgIpc) is 2.43. The van der Waals surface area contributed by atoms with Gasteiger partial charge in [0.25, 0.3) is 0 Å². The van der Waals surface area contributed by atoms with Crippen LogP contribution in [0.2, 0.25) is 0 Å². The first kappa shape index (κ1) is 15.7. The van der Waals surface area contributed by atoms with E-state index in [9.17, 15) is 4.79 Å². The second-order valence-electron chi connectivity index (χ2n) is 4.82. The van der Waals surface area contributed by atoms with Gasteiger partial charge in [0.2, 0.25) is 0 Å². The fourth-order valence-corrected chi connectivity index (χ4v) is 1.63. The molecule has 0 amide bonds. The van der Waals surface area contributed by atoms with Crippen LogP contribution in [0.3, 0.4) is 0 Å². The molecule has 4 heteroatoms. The van der Waals surface area contributed by atoms with Crippen molar-refractivity contribution >= 4 is 5.97 Å². The second kappa shape index (κ2) is 8.67. The lowest BCUT2D eigenvalue weighted by molar-refractivity contribution is -0.149. The molecule has 1 aromatic rings. The standard InChI is InChI=1S/C15H23NO3/c1-12(10-16-13(2)8-9-17)15(18)19-11-14-6-4-3-5-7-14/h3-7,12-13,16-17H,8-11H2,1-2H3. The number of benzene rings is 1. The van der Waals surface area contributed by atoms with Crippen LogP contribution in [0.1, 0.15) is 25.8 Å². The molecule has 2 atom stereocenters. The van der Waals surface area contributed by atoms with Crippen molar-refractivity contribution in [1.29, 1.82) is 0 Å². The molecule has 19 heavy (non-hydrogen) atoms. The molecule has 4 nitrogen and oxygen atoms in total. The average molecular weight is 265 g/mol. The third-order valence-corrected chi connectivity index (χ3v) is 2.96. The van der Waals surface area contributed by atoms with Crippen LogP contribution < -0.4 is 5.32 Å². The number of aliphatic hydroxyl groups excluding tert-OH is 1. The summed E-state index contributed by atoms with van der Waals surface area (Å²) in [4.78, 5) is 11.8. The first-order chi connectivity index (χ1) is 9.13. The summed E-state index contributed by atoms with van der Waals surface area (Å²) in [5.74, 6) is -0.391. The van der Waals surface area contributed by atoms with Crippen molar-refractivity contribution < 1.29 is 14.6 Å². The van der Waals surface area contributed by atoms with E-state index in [0.29, 0.717) is 19.6 Å². The normalized spacial score (nSPS) is 13.8. The van der Waals surface area contributed by atoms with Crippen LogP contribution in [0.4, 0.5) is 0 Å². The van der Waals surface area contributed by atoms with E-state index in [1.807, 2.05) is 44.2 Å². The molecule has 0 aliphatic carbocycles. The fraction of sp³-hybridized carbons (Fsp3) is 0.533. The van der Waals surface area contributed by atoms with Gasteiger partial charge in [-0.2, -0.15) is 0 Å². The maximum atomic E-state index is 11.8. The molecule has 0 heterocycles. The Hall–Kier alpha value is -1.39. The topological polar surface area (TPSA) is 58.6 Å². The van der Waals surface area contributed by atoms with E-state index in [4.69, 9.17) is 9.84 Å². The molecule has 0 aliphatic heterocycles. The summed E-state index contributed by atoms with van der Waals surface area (Å²) < 4.78 is 5.25. The van der Waals surface area contributed by atoms with Gasteiger partial charge >= 0.3 is 5.97 Å². The van der Waals surface area contributed by atoms with Crippen molar-refractivity contribution in [2.24, 2.45) is 5.92 Å². The summed E-state index contributed by atoms with van der Waals surface area (Å²) in [7, 11) is 0. The van der Waals surface area contributed by atoms with Gasteiger partial charge in [0.05, 0.1) is 5.92 Å². The molecule has 0 fully saturated rings. The molecule has 0 bridgehead atoms. The minimum absolute atomic E-state index is 0.154. The lowest BCUT2D eigenvalue weighted by Gasteiger charge is -2.16. The number of carbonyl (C=O) groups is 1. The molecule has 0 aromatic heterocycles. The zero-order chi connectivity index (χ0) is 14.1. The largest absolute Gasteiger partial charge is 0.461 e. The minimum atomic E-state index is -0.201. The Balaban J connectivity index is 2.25. The smallest absolute Gasteiger partial charge is 0.310 e. The lowest BCUT2D eigenvalue weighted by atomic mass is 10.1. The Morgan fingerprint density at radius 3 is 2.63 bits per heavy atom. The summed E-state index contributed by atoms with van der Waals surface area (Å²) in [6.07, 6.45) is 0.686. The van der Waals surface area contributed by atoms with E-state index < -0.39 is 0 Å². The van der Waals surface area contributed by atoms with E-state index in [0.717, 1.165) is 5.56 Å². The number of nitrogens with one attached hydrogen (secondary N) is 1. The number of esters is 1. The monoisotopic (exact) mass is 265 g/mol. The highest BCUT2D eigenvalue weighted by Crippen LogP contribution is 2.04. The van der Waals surface area contributed by atoms with Gasteiger partial charge < -0.3 is 15.2 Å². The SMILES string of the molecule is CC(CCO)NCC(C)C(=O)OCc1ccccc1. The maximum Gasteiger partial charge on any atom is 0.310 e. The summed E-state index contributed by atoms with van der Waals surface area (Å²) in [5.41, 5.74) is 0.990. The molecule has 0 radical (unpaired) electrons. The third-order valence-electron chi connectivity index (χ3n) is 2.96. The number of ether oxygens (including phenoxy) is 1. The Bertz CT molecular complexity index is 367. The van der Waals surface area contributed by atoms with Gasteiger partial charge in [-0.1, -0.05) is 37.3 Å². The fourth-order valence-electron chi connectivity index (χ4n) is 1.63. The predicted octanol–water partition coefficient (Wildman–Crippen LogP) is 1.73. The second-order valence-corrected chi connectivity index (χ2v) is 4.82. The van der Waals surface area contributed by atoms with E-state index in [1.165, 1.54) is 0 Å². The summed E-state index contributed by atoms with van der Waals surface area (Å²) >= 11 is 0.